The second-order valence-corrected chi connectivity index (χ2v) is 8.17. The van der Waals surface area contributed by atoms with E-state index in [-0.39, 0.29) is 19.1 Å². The molecule has 0 aliphatic rings. The summed E-state index contributed by atoms with van der Waals surface area (Å²) in [6.45, 7) is 7.76. The third-order valence-electron chi connectivity index (χ3n) is 4.79. The summed E-state index contributed by atoms with van der Waals surface area (Å²) in [5.74, 6) is -0.233. The SMILES string of the molecule is CCNC(=O)C(C)N(Cc1ccccc1F)C(=O)COc1ccc(C(C)C)cc1Br. The predicted octanol–water partition coefficient (Wildman–Crippen LogP) is 4.64. The first kappa shape index (κ1) is 23.9. The van der Waals surface area contributed by atoms with E-state index in [4.69, 9.17) is 4.74 Å². The number of nitrogens with zero attached hydrogens (tertiary/aromatic N) is 1. The highest BCUT2D eigenvalue weighted by atomic mass is 79.9. The van der Waals surface area contributed by atoms with Gasteiger partial charge in [-0.2, -0.15) is 0 Å². The zero-order chi connectivity index (χ0) is 22.3. The number of benzene rings is 2. The van der Waals surface area contributed by atoms with Gasteiger partial charge in [0.15, 0.2) is 6.61 Å². The summed E-state index contributed by atoms with van der Waals surface area (Å²) in [5, 5.41) is 2.71. The number of rotatable bonds is 9. The molecule has 2 aromatic rings. The highest BCUT2D eigenvalue weighted by molar-refractivity contribution is 9.10. The minimum Gasteiger partial charge on any atom is -0.483 e. The molecule has 0 heterocycles. The van der Waals surface area contributed by atoms with Crippen molar-refractivity contribution in [2.24, 2.45) is 0 Å². The lowest BCUT2D eigenvalue weighted by Gasteiger charge is -2.28. The van der Waals surface area contributed by atoms with Crippen molar-refractivity contribution in [2.75, 3.05) is 13.2 Å². The molecule has 2 rings (SSSR count). The van der Waals surface area contributed by atoms with Gasteiger partial charge in [-0.1, -0.05) is 38.1 Å². The Kier molecular flexibility index (Phi) is 8.84. The van der Waals surface area contributed by atoms with Gasteiger partial charge in [0.05, 0.1) is 4.47 Å². The first-order valence-electron chi connectivity index (χ1n) is 9.97. The van der Waals surface area contributed by atoms with Crippen LogP contribution in [-0.4, -0.2) is 35.9 Å². The second kappa shape index (κ2) is 11.1. The molecule has 162 valence electrons. The van der Waals surface area contributed by atoms with Crippen LogP contribution < -0.4 is 10.1 Å². The molecule has 0 saturated heterocycles. The van der Waals surface area contributed by atoms with Crippen LogP contribution in [0.25, 0.3) is 0 Å². The molecular formula is C23H28BrFN2O3. The summed E-state index contributed by atoms with van der Waals surface area (Å²) in [4.78, 5) is 26.6. The third kappa shape index (κ3) is 6.29. The molecule has 0 fully saturated rings. The Hall–Kier alpha value is -2.41. The van der Waals surface area contributed by atoms with Crippen LogP contribution in [0.15, 0.2) is 46.9 Å². The maximum atomic E-state index is 14.2. The van der Waals surface area contributed by atoms with Crippen LogP contribution >= 0.6 is 15.9 Å². The summed E-state index contributed by atoms with van der Waals surface area (Å²) in [5.41, 5.74) is 1.48. The van der Waals surface area contributed by atoms with Crippen LogP contribution in [0.4, 0.5) is 4.39 Å². The van der Waals surface area contributed by atoms with E-state index < -0.39 is 17.8 Å². The van der Waals surface area contributed by atoms with E-state index in [9.17, 15) is 14.0 Å². The van der Waals surface area contributed by atoms with Crippen LogP contribution in [0.1, 0.15) is 44.7 Å². The highest BCUT2D eigenvalue weighted by Crippen LogP contribution is 2.29. The number of hydrogen-bond acceptors (Lipinski definition) is 3. The molecule has 0 radical (unpaired) electrons. The van der Waals surface area contributed by atoms with Gasteiger partial charge in [0, 0.05) is 18.7 Å². The van der Waals surface area contributed by atoms with Crippen molar-refractivity contribution in [1.82, 2.24) is 10.2 Å². The number of carbonyl (C=O) groups excluding carboxylic acids is 2. The van der Waals surface area contributed by atoms with E-state index in [0.717, 1.165) is 10.0 Å². The number of halogens is 2. The van der Waals surface area contributed by atoms with Crippen LogP contribution in [0.5, 0.6) is 5.75 Å². The second-order valence-electron chi connectivity index (χ2n) is 7.32. The van der Waals surface area contributed by atoms with Gasteiger partial charge in [0.25, 0.3) is 5.91 Å². The van der Waals surface area contributed by atoms with Gasteiger partial charge in [-0.3, -0.25) is 9.59 Å². The fraction of sp³-hybridized carbons (Fsp3) is 0.391. The average Bonchev–Trinajstić information content (AvgIpc) is 2.71. The number of carbonyl (C=O) groups is 2. The fourth-order valence-corrected chi connectivity index (χ4v) is 3.44. The van der Waals surface area contributed by atoms with E-state index in [1.807, 2.05) is 12.1 Å². The Morgan fingerprint density at radius 2 is 1.87 bits per heavy atom. The smallest absolute Gasteiger partial charge is 0.261 e. The number of likely N-dealkylation sites (N-methyl/N-ethyl adjacent to an activating group) is 1. The molecular weight excluding hydrogens is 451 g/mol. The first-order valence-corrected chi connectivity index (χ1v) is 10.8. The van der Waals surface area contributed by atoms with Gasteiger partial charge in [-0.15, -0.1) is 0 Å². The lowest BCUT2D eigenvalue weighted by atomic mass is 10.0. The largest absolute Gasteiger partial charge is 0.483 e. The Bertz CT molecular complexity index is 889. The van der Waals surface area contributed by atoms with Gasteiger partial charge < -0.3 is 15.0 Å². The number of hydrogen-bond donors (Lipinski definition) is 1. The summed E-state index contributed by atoms with van der Waals surface area (Å²) in [6.07, 6.45) is 0. The van der Waals surface area contributed by atoms with Crippen molar-refractivity contribution < 1.29 is 18.7 Å². The van der Waals surface area contributed by atoms with Crippen molar-refractivity contribution >= 4 is 27.7 Å². The lowest BCUT2D eigenvalue weighted by Crippen LogP contribution is -2.49. The topological polar surface area (TPSA) is 58.6 Å². The number of amides is 2. The summed E-state index contributed by atoms with van der Waals surface area (Å²) in [7, 11) is 0. The molecule has 7 heteroatoms. The third-order valence-corrected chi connectivity index (χ3v) is 5.41. The quantitative estimate of drug-likeness (QED) is 0.570. The van der Waals surface area contributed by atoms with Crippen LogP contribution in [-0.2, 0) is 16.1 Å². The molecule has 1 N–H and O–H groups in total. The van der Waals surface area contributed by atoms with Gasteiger partial charge >= 0.3 is 0 Å². The monoisotopic (exact) mass is 478 g/mol. The van der Waals surface area contributed by atoms with E-state index in [1.54, 1.807) is 38.1 Å². The molecule has 1 atom stereocenters. The molecule has 0 spiro atoms. The molecule has 0 aromatic heterocycles. The standard InChI is InChI=1S/C23H28BrFN2O3/c1-5-26-23(29)16(4)27(13-18-8-6-7-9-20(18)25)22(28)14-30-21-11-10-17(15(2)3)12-19(21)24/h6-12,15-16H,5,13-14H2,1-4H3,(H,26,29). The van der Waals surface area contributed by atoms with Crippen LogP contribution in [0.2, 0.25) is 0 Å². The van der Waals surface area contributed by atoms with E-state index in [2.05, 4.69) is 35.1 Å². The van der Waals surface area contributed by atoms with E-state index in [0.29, 0.717) is 23.8 Å². The average molecular weight is 479 g/mol. The van der Waals surface area contributed by atoms with Gasteiger partial charge in [0.1, 0.15) is 17.6 Å². The molecule has 5 nitrogen and oxygen atoms in total. The lowest BCUT2D eigenvalue weighted by molar-refractivity contribution is -0.142. The predicted molar refractivity (Wildman–Crippen MR) is 119 cm³/mol. The highest BCUT2D eigenvalue weighted by Gasteiger charge is 2.27. The molecule has 2 aromatic carbocycles. The summed E-state index contributed by atoms with van der Waals surface area (Å²) in [6, 6.07) is 11.2. The van der Waals surface area contributed by atoms with Gasteiger partial charge in [-0.05, 0) is 59.5 Å². The van der Waals surface area contributed by atoms with Gasteiger partial charge in [0.2, 0.25) is 5.91 Å². The molecule has 1 unspecified atom stereocenters. The van der Waals surface area contributed by atoms with E-state index in [1.165, 1.54) is 11.0 Å². The molecule has 0 aliphatic carbocycles. The summed E-state index contributed by atoms with van der Waals surface area (Å²) < 4.78 is 20.6. The van der Waals surface area contributed by atoms with Crippen molar-refractivity contribution in [3.05, 3.63) is 63.9 Å². The first-order chi connectivity index (χ1) is 14.2. The number of ether oxygens (including phenoxy) is 1. The van der Waals surface area contributed by atoms with Crippen molar-refractivity contribution in [3.63, 3.8) is 0 Å². The normalized spacial score (nSPS) is 11.8. The minimum atomic E-state index is -0.771. The van der Waals surface area contributed by atoms with Crippen molar-refractivity contribution in [2.45, 2.75) is 46.2 Å². The minimum absolute atomic E-state index is 0.0272. The van der Waals surface area contributed by atoms with Crippen LogP contribution in [0, 0.1) is 5.82 Å². The summed E-state index contributed by atoms with van der Waals surface area (Å²) >= 11 is 3.48. The molecule has 2 amide bonds. The fourth-order valence-electron chi connectivity index (χ4n) is 2.93. The Morgan fingerprint density at radius 1 is 1.17 bits per heavy atom. The zero-order valence-corrected chi connectivity index (χ0v) is 19.3. The Balaban J connectivity index is 2.17. The zero-order valence-electron chi connectivity index (χ0n) is 17.7. The molecule has 30 heavy (non-hydrogen) atoms. The molecule has 0 aliphatic heterocycles. The Labute approximate surface area is 185 Å². The molecule has 0 bridgehead atoms. The van der Waals surface area contributed by atoms with Crippen molar-refractivity contribution in [3.8, 4) is 5.75 Å². The molecule has 0 saturated carbocycles. The van der Waals surface area contributed by atoms with Gasteiger partial charge in [-0.25, -0.2) is 4.39 Å². The van der Waals surface area contributed by atoms with Crippen molar-refractivity contribution in [1.29, 1.82) is 0 Å². The maximum absolute atomic E-state index is 14.2. The maximum Gasteiger partial charge on any atom is 0.261 e. The van der Waals surface area contributed by atoms with Crippen LogP contribution in [0.3, 0.4) is 0 Å². The Morgan fingerprint density at radius 3 is 2.47 bits per heavy atom. The van der Waals surface area contributed by atoms with E-state index >= 15 is 0 Å². The number of nitrogens with one attached hydrogen (secondary N) is 1.